The van der Waals surface area contributed by atoms with Gasteiger partial charge in [0.1, 0.15) is 0 Å². The van der Waals surface area contributed by atoms with Crippen molar-refractivity contribution in [2.75, 3.05) is 11.5 Å². The first kappa shape index (κ1) is 9.90. The molecule has 0 amide bonds. The van der Waals surface area contributed by atoms with Gasteiger partial charge in [0.05, 0.1) is 0 Å². The first-order valence-electron chi connectivity index (χ1n) is 4.78. The number of benzene rings is 1. The molecule has 0 saturated heterocycles. The molecule has 1 aromatic rings. The second kappa shape index (κ2) is 3.69. The molecular formula is C11H18N2. The standard InChI is InChI=1S/C11H18N2/c1-4-8-6-10(12)9(5-2)11(13)7(8)3/h6H,4-5,12-13H2,1-3H3. The lowest BCUT2D eigenvalue weighted by Gasteiger charge is -2.13. The normalized spacial score (nSPS) is 10.4. The number of hydrogen-bond acceptors (Lipinski definition) is 2. The van der Waals surface area contributed by atoms with E-state index in [0.29, 0.717) is 0 Å². The second-order valence-corrected chi connectivity index (χ2v) is 3.35. The summed E-state index contributed by atoms with van der Waals surface area (Å²) in [4.78, 5) is 0. The van der Waals surface area contributed by atoms with Crippen LogP contribution in [0.1, 0.15) is 30.5 Å². The maximum atomic E-state index is 5.99. The van der Waals surface area contributed by atoms with Crippen LogP contribution in [0.3, 0.4) is 0 Å². The summed E-state index contributed by atoms with van der Waals surface area (Å²) in [6.45, 7) is 6.26. The Hall–Kier alpha value is -1.18. The van der Waals surface area contributed by atoms with Crippen molar-refractivity contribution in [3.8, 4) is 0 Å². The monoisotopic (exact) mass is 178 g/mol. The van der Waals surface area contributed by atoms with Crippen molar-refractivity contribution >= 4 is 11.4 Å². The van der Waals surface area contributed by atoms with Gasteiger partial charge in [0.2, 0.25) is 0 Å². The molecule has 0 aliphatic heterocycles. The smallest absolute Gasteiger partial charge is 0.0399 e. The Morgan fingerprint density at radius 1 is 1.15 bits per heavy atom. The number of hydrogen-bond donors (Lipinski definition) is 2. The summed E-state index contributed by atoms with van der Waals surface area (Å²) < 4.78 is 0. The lowest BCUT2D eigenvalue weighted by atomic mass is 9.97. The molecule has 72 valence electrons. The van der Waals surface area contributed by atoms with Crippen LogP contribution in [0, 0.1) is 6.92 Å². The number of rotatable bonds is 2. The molecule has 0 atom stereocenters. The Kier molecular flexibility index (Phi) is 2.81. The molecule has 2 heteroatoms. The molecule has 0 heterocycles. The third-order valence-electron chi connectivity index (χ3n) is 2.62. The Bertz CT molecular complexity index is 316. The van der Waals surface area contributed by atoms with Crippen LogP contribution in [-0.4, -0.2) is 0 Å². The molecule has 2 nitrogen and oxygen atoms in total. The van der Waals surface area contributed by atoms with Gasteiger partial charge in [-0.25, -0.2) is 0 Å². The highest BCUT2D eigenvalue weighted by atomic mass is 14.6. The molecular weight excluding hydrogens is 160 g/mol. The van der Waals surface area contributed by atoms with Crippen LogP contribution in [0.2, 0.25) is 0 Å². The van der Waals surface area contributed by atoms with E-state index in [0.717, 1.165) is 29.8 Å². The van der Waals surface area contributed by atoms with E-state index in [1.807, 2.05) is 6.07 Å². The molecule has 0 aliphatic carbocycles. The van der Waals surface area contributed by atoms with E-state index in [2.05, 4.69) is 20.8 Å². The van der Waals surface area contributed by atoms with Gasteiger partial charge in [-0.1, -0.05) is 13.8 Å². The largest absolute Gasteiger partial charge is 0.398 e. The van der Waals surface area contributed by atoms with Gasteiger partial charge in [-0.3, -0.25) is 0 Å². The minimum Gasteiger partial charge on any atom is -0.398 e. The Balaban J connectivity index is 3.37. The van der Waals surface area contributed by atoms with Crippen molar-refractivity contribution in [1.82, 2.24) is 0 Å². The molecule has 0 fully saturated rings. The van der Waals surface area contributed by atoms with Crippen LogP contribution in [0.4, 0.5) is 11.4 Å². The maximum Gasteiger partial charge on any atom is 0.0399 e. The number of nitrogen functional groups attached to an aromatic ring is 2. The number of anilines is 2. The van der Waals surface area contributed by atoms with E-state index in [1.54, 1.807) is 0 Å². The van der Waals surface area contributed by atoms with Gasteiger partial charge in [-0.05, 0) is 42.5 Å². The fourth-order valence-electron chi connectivity index (χ4n) is 1.70. The topological polar surface area (TPSA) is 52.0 Å². The van der Waals surface area contributed by atoms with Crippen molar-refractivity contribution in [3.63, 3.8) is 0 Å². The molecule has 0 aliphatic rings. The lowest BCUT2D eigenvalue weighted by molar-refractivity contribution is 1.08. The van der Waals surface area contributed by atoms with Crippen molar-refractivity contribution in [2.45, 2.75) is 33.6 Å². The van der Waals surface area contributed by atoms with Crippen LogP contribution in [-0.2, 0) is 12.8 Å². The Morgan fingerprint density at radius 2 is 1.77 bits per heavy atom. The molecule has 0 spiro atoms. The average molecular weight is 178 g/mol. The van der Waals surface area contributed by atoms with Gasteiger partial charge in [0.25, 0.3) is 0 Å². The summed E-state index contributed by atoms with van der Waals surface area (Å²) >= 11 is 0. The van der Waals surface area contributed by atoms with E-state index in [1.165, 1.54) is 11.1 Å². The first-order valence-corrected chi connectivity index (χ1v) is 4.78. The fourth-order valence-corrected chi connectivity index (χ4v) is 1.70. The van der Waals surface area contributed by atoms with E-state index in [-0.39, 0.29) is 0 Å². The Labute approximate surface area is 79.9 Å². The van der Waals surface area contributed by atoms with Crippen LogP contribution in [0.25, 0.3) is 0 Å². The Morgan fingerprint density at radius 3 is 2.23 bits per heavy atom. The quantitative estimate of drug-likeness (QED) is 0.683. The third-order valence-corrected chi connectivity index (χ3v) is 2.62. The van der Waals surface area contributed by atoms with Crippen LogP contribution < -0.4 is 11.5 Å². The van der Waals surface area contributed by atoms with Crippen LogP contribution >= 0.6 is 0 Å². The molecule has 0 bridgehead atoms. The zero-order chi connectivity index (χ0) is 10.0. The summed E-state index contributed by atoms with van der Waals surface area (Å²) in [5.74, 6) is 0. The molecule has 13 heavy (non-hydrogen) atoms. The van der Waals surface area contributed by atoms with Crippen LogP contribution in [0.15, 0.2) is 6.07 Å². The van der Waals surface area contributed by atoms with Gasteiger partial charge in [0, 0.05) is 11.4 Å². The fraction of sp³-hybridized carbons (Fsp3) is 0.455. The summed E-state index contributed by atoms with van der Waals surface area (Å²) in [5, 5.41) is 0. The summed E-state index contributed by atoms with van der Waals surface area (Å²) in [6.07, 6.45) is 1.90. The zero-order valence-electron chi connectivity index (χ0n) is 8.65. The van der Waals surface area contributed by atoms with E-state index >= 15 is 0 Å². The van der Waals surface area contributed by atoms with Gasteiger partial charge in [-0.15, -0.1) is 0 Å². The lowest BCUT2D eigenvalue weighted by Crippen LogP contribution is -2.04. The van der Waals surface area contributed by atoms with E-state index in [9.17, 15) is 0 Å². The van der Waals surface area contributed by atoms with Gasteiger partial charge >= 0.3 is 0 Å². The highest BCUT2D eigenvalue weighted by molar-refractivity contribution is 5.67. The highest BCUT2D eigenvalue weighted by Crippen LogP contribution is 2.27. The summed E-state index contributed by atoms with van der Waals surface area (Å²) in [6, 6.07) is 2.05. The van der Waals surface area contributed by atoms with Crippen molar-refractivity contribution in [3.05, 3.63) is 22.8 Å². The van der Waals surface area contributed by atoms with Crippen LogP contribution in [0.5, 0.6) is 0 Å². The van der Waals surface area contributed by atoms with Gasteiger partial charge in [0.15, 0.2) is 0 Å². The third kappa shape index (κ3) is 1.62. The average Bonchev–Trinajstić information content (AvgIpc) is 2.12. The van der Waals surface area contributed by atoms with Crippen molar-refractivity contribution in [2.24, 2.45) is 0 Å². The summed E-state index contributed by atoms with van der Waals surface area (Å²) in [7, 11) is 0. The molecule has 4 N–H and O–H groups in total. The number of nitrogens with two attached hydrogens (primary N) is 2. The number of aryl methyl sites for hydroxylation is 1. The van der Waals surface area contributed by atoms with Crippen molar-refractivity contribution in [1.29, 1.82) is 0 Å². The predicted octanol–water partition coefficient (Wildman–Crippen LogP) is 2.28. The minimum absolute atomic E-state index is 0.836. The minimum atomic E-state index is 0.836. The SMILES string of the molecule is CCc1cc(N)c(CC)c(N)c1C. The zero-order valence-corrected chi connectivity index (χ0v) is 8.65. The second-order valence-electron chi connectivity index (χ2n) is 3.35. The van der Waals surface area contributed by atoms with Crippen molar-refractivity contribution < 1.29 is 0 Å². The summed E-state index contributed by atoms with van der Waals surface area (Å²) in [5.41, 5.74) is 17.1. The predicted molar refractivity (Wildman–Crippen MR) is 58.8 cm³/mol. The highest BCUT2D eigenvalue weighted by Gasteiger charge is 2.08. The molecule has 0 radical (unpaired) electrons. The maximum absolute atomic E-state index is 5.99. The van der Waals surface area contributed by atoms with Gasteiger partial charge < -0.3 is 11.5 Å². The van der Waals surface area contributed by atoms with Gasteiger partial charge in [-0.2, -0.15) is 0 Å². The molecule has 0 unspecified atom stereocenters. The van der Waals surface area contributed by atoms with E-state index < -0.39 is 0 Å². The first-order chi connectivity index (χ1) is 6.11. The molecule has 1 aromatic carbocycles. The van der Waals surface area contributed by atoms with E-state index in [4.69, 9.17) is 11.5 Å². The molecule has 0 saturated carbocycles. The molecule has 1 rings (SSSR count). The molecule has 0 aromatic heterocycles.